The maximum atomic E-state index is 11.4. The van der Waals surface area contributed by atoms with E-state index in [4.69, 9.17) is 10.5 Å². The van der Waals surface area contributed by atoms with Gasteiger partial charge in [-0.25, -0.2) is 0 Å². The van der Waals surface area contributed by atoms with E-state index >= 15 is 0 Å². The van der Waals surface area contributed by atoms with Gasteiger partial charge in [0.2, 0.25) is 17.6 Å². The Morgan fingerprint density at radius 2 is 1.96 bits per heavy atom. The second-order valence-corrected chi connectivity index (χ2v) is 6.08. The van der Waals surface area contributed by atoms with Crippen LogP contribution in [0.25, 0.3) is 0 Å². The van der Waals surface area contributed by atoms with Gasteiger partial charge in [-0.2, -0.15) is 9.97 Å². The highest BCUT2D eigenvalue weighted by molar-refractivity contribution is 5.74. The number of benzene rings is 1. The van der Waals surface area contributed by atoms with Crippen molar-refractivity contribution in [1.82, 2.24) is 9.97 Å². The van der Waals surface area contributed by atoms with E-state index in [0.717, 1.165) is 6.42 Å². The monoisotopic (exact) mass is 360 g/mol. The van der Waals surface area contributed by atoms with Crippen LogP contribution in [0.1, 0.15) is 27.2 Å². The first-order valence-electron chi connectivity index (χ1n) is 8.46. The molecule has 140 valence electrons. The van der Waals surface area contributed by atoms with Crippen molar-refractivity contribution in [3.63, 3.8) is 0 Å². The molecule has 9 heteroatoms. The molecule has 0 amide bonds. The van der Waals surface area contributed by atoms with E-state index < -0.39 is 4.92 Å². The first kappa shape index (κ1) is 19.2. The Morgan fingerprint density at radius 3 is 2.54 bits per heavy atom. The number of nitro groups is 1. The van der Waals surface area contributed by atoms with Crippen molar-refractivity contribution in [2.45, 2.75) is 27.2 Å². The summed E-state index contributed by atoms with van der Waals surface area (Å²) in [6.45, 7) is 7.31. The van der Waals surface area contributed by atoms with Crippen LogP contribution in [0.3, 0.4) is 0 Å². The molecule has 26 heavy (non-hydrogen) atoms. The molecule has 2 aromatic rings. The van der Waals surface area contributed by atoms with Crippen LogP contribution in [0.5, 0.6) is 5.75 Å². The Hall–Kier alpha value is -3.10. The van der Waals surface area contributed by atoms with Gasteiger partial charge in [-0.05, 0) is 43.5 Å². The zero-order chi connectivity index (χ0) is 19.1. The summed E-state index contributed by atoms with van der Waals surface area (Å²) in [6, 6.07) is 7.03. The quantitative estimate of drug-likeness (QED) is 0.457. The minimum atomic E-state index is -0.593. The van der Waals surface area contributed by atoms with Crippen molar-refractivity contribution < 1.29 is 9.66 Å². The maximum absolute atomic E-state index is 11.4. The summed E-state index contributed by atoms with van der Waals surface area (Å²) >= 11 is 0. The van der Waals surface area contributed by atoms with Gasteiger partial charge in [-0.15, -0.1) is 0 Å². The van der Waals surface area contributed by atoms with Crippen molar-refractivity contribution in [1.29, 1.82) is 0 Å². The third-order valence-corrected chi connectivity index (χ3v) is 3.53. The van der Waals surface area contributed by atoms with Crippen molar-refractivity contribution >= 4 is 29.0 Å². The fourth-order valence-electron chi connectivity index (χ4n) is 2.23. The molecule has 9 nitrogen and oxygen atoms in total. The highest BCUT2D eigenvalue weighted by Crippen LogP contribution is 2.31. The third kappa shape index (κ3) is 5.20. The molecule has 0 aliphatic carbocycles. The number of nitrogens with two attached hydrogens (primary N) is 1. The van der Waals surface area contributed by atoms with Crippen molar-refractivity contribution in [2.75, 3.05) is 29.5 Å². The van der Waals surface area contributed by atoms with Crippen LogP contribution in [-0.4, -0.2) is 28.0 Å². The van der Waals surface area contributed by atoms with E-state index in [9.17, 15) is 10.1 Å². The lowest BCUT2D eigenvalue weighted by molar-refractivity contribution is -0.383. The molecule has 0 radical (unpaired) electrons. The van der Waals surface area contributed by atoms with Crippen LogP contribution in [0.4, 0.5) is 29.0 Å². The molecule has 0 bridgehead atoms. The molecule has 2 rings (SSSR count). The van der Waals surface area contributed by atoms with E-state index in [1.807, 2.05) is 6.92 Å². The predicted molar refractivity (Wildman–Crippen MR) is 102 cm³/mol. The minimum Gasteiger partial charge on any atom is -0.494 e. The van der Waals surface area contributed by atoms with Gasteiger partial charge in [0.25, 0.3) is 0 Å². The number of aromatic nitrogens is 2. The number of nitrogens with one attached hydrogen (secondary N) is 2. The minimum absolute atomic E-state index is 0.0405. The zero-order valence-electron chi connectivity index (χ0n) is 15.2. The van der Waals surface area contributed by atoms with Crippen LogP contribution in [0.2, 0.25) is 0 Å². The fraction of sp³-hybridized carbons (Fsp3) is 0.412. The lowest BCUT2D eigenvalue weighted by Crippen LogP contribution is -2.12. The van der Waals surface area contributed by atoms with Gasteiger partial charge in [0.05, 0.1) is 11.5 Å². The van der Waals surface area contributed by atoms with Crippen molar-refractivity contribution in [2.24, 2.45) is 5.92 Å². The molecule has 0 spiro atoms. The van der Waals surface area contributed by atoms with Gasteiger partial charge in [0, 0.05) is 12.2 Å². The standard InChI is InChI=1S/C17H24N6O3/c1-4-26-13-7-5-12(6-8-13)20-16-14(23(24)25)15(18)21-17(22-16)19-10-9-11(2)3/h5-8,11H,4,9-10H2,1-3H3,(H4,18,19,20,21,22). The van der Waals surface area contributed by atoms with Crippen LogP contribution < -0.4 is 21.1 Å². The molecule has 0 saturated heterocycles. The average Bonchev–Trinajstić information content (AvgIpc) is 2.56. The Balaban J connectivity index is 2.25. The van der Waals surface area contributed by atoms with E-state index in [1.165, 1.54) is 0 Å². The molecule has 0 aliphatic rings. The summed E-state index contributed by atoms with van der Waals surface area (Å²) in [5, 5.41) is 17.3. The smallest absolute Gasteiger partial charge is 0.353 e. The molecular formula is C17H24N6O3. The topological polar surface area (TPSA) is 128 Å². The first-order valence-corrected chi connectivity index (χ1v) is 8.46. The summed E-state index contributed by atoms with van der Waals surface area (Å²) < 4.78 is 5.38. The number of nitrogens with zero attached hydrogens (tertiary/aromatic N) is 3. The van der Waals surface area contributed by atoms with E-state index in [1.54, 1.807) is 24.3 Å². The highest BCUT2D eigenvalue weighted by atomic mass is 16.6. The number of anilines is 4. The molecule has 0 unspecified atom stereocenters. The lowest BCUT2D eigenvalue weighted by atomic mass is 10.1. The number of nitrogen functional groups attached to an aromatic ring is 1. The van der Waals surface area contributed by atoms with Crippen LogP contribution in [0.15, 0.2) is 24.3 Å². The van der Waals surface area contributed by atoms with E-state index in [0.29, 0.717) is 30.5 Å². The summed E-state index contributed by atoms with van der Waals surface area (Å²) in [5.74, 6) is 1.33. The molecule has 0 saturated carbocycles. The Kier molecular flexibility index (Phi) is 6.54. The Labute approximate surface area is 152 Å². The zero-order valence-corrected chi connectivity index (χ0v) is 15.2. The molecule has 0 fully saturated rings. The van der Waals surface area contributed by atoms with Crippen molar-refractivity contribution in [3.8, 4) is 5.75 Å². The third-order valence-electron chi connectivity index (χ3n) is 3.53. The van der Waals surface area contributed by atoms with Gasteiger partial charge < -0.3 is 21.1 Å². The predicted octanol–water partition coefficient (Wildman–Crippen LogP) is 3.57. The van der Waals surface area contributed by atoms with Gasteiger partial charge in [-0.3, -0.25) is 10.1 Å². The summed E-state index contributed by atoms with van der Waals surface area (Å²) in [4.78, 5) is 19.0. The average molecular weight is 360 g/mol. The summed E-state index contributed by atoms with van der Waals surface area (Å²) in [5.41, 5.74) is 6.05. The summed E-state index contributed by atoms with van der Waals surface area (Å²) in [6.07, 6.45) is 0.919. The molecular weight excluding hydrogens is 336 g/mol. The number of hydrogen-bond acceptors (Lipinski definition) is 8. The van der Waals surface area contributed by atoms with Gasteiger partial charge in [-0.1, -0.05) is 13.8 Å². The van der Waals surface area contributed by atoms with Gasteiger partial charge in [0.15, 0.2) is 0 Å². The van der Waals surface area contributed by atoms with Gasteiger partial charge in [0.1, 0.15) is 5.75 Å². The first-order chi connectivity index (χ1) is 12.4. The largest absolute Gasteiger partial charge is 0.494 e. The second kappa shape index (κ2) is 8.84. The number of rotatable bonds is 9. The molecule has 1 heterocycles. The molecule has 0 atom stereocenters. The molecule has 1 aromatic heterocycles. The highest BCUT2D eigenvalue weighted by Gasteiger charge is 2.23. The molecule has 0 aliphatic heterocycles. The van der Waals surface area contributed by atoms with Crippen molar-refractivity contribution in [3.05, 3.63) is 34.4 Å². The lowest BCUT2D eigenvalue weighted by Gasteiger charge is -2.12. The summed E-state index contributed by atoms with van der Waals surface area (Å²) in [7, 11) is 0. The molecule has 1 aromatic carbocycles. The van der Waals surface area contributed by atoms with E-state index in [-0.39, 0.29) is 23.3 Å². The maximum Gasteiger partial charge on any atom is 0.353 e. The number of hydrogen-bond donors (Lipinski definition) is 3. The van der Waals surface area contributed by atoms with Gasteiger partial charge >= 0.3 is 5.69 Å². The fourth-order valence-corrected chi connectivity index (χ4v) is 2.23. The number of ether oxygens (including phenoxy) is 1. The van der Waals surface area contributed by atoms with Crippen LogP contribution >= 0.6 is 0 Å². The van der Waals surface area contributed by atoms with Crippen LogP contribution in [-0.2, 0) is 0 Å². The molecule has 4 N–H and O–H groups in total. The Bertz CT molecular complexity index is 749. The normalized spacial score (nSPS) is 10.6. The Morgan fingerprint density at radius 1 is 1.27 bits per heavy atom. The van der Waals surface area contributed by atoms with E-state index in [2.05, 4.69) is 34.4 Å². The van der Waals surface area contributed by atoms with Crippen LogP contribution in [0, 0.1) is 16.0 Å². The SMILES string of the molecule is CCOc1ccc(Nc2nc(NCCC(C)C)nc(N)c2[N+](=O)[O-])cc1. The second-order valence-electron chi connectivity index (χ2n) is 6.08.